The minimum atomic E-state index is -1.78. The van der Waals surface area contributed by atoms with Gasteiger partial charge in [0.25, 0.3) is 0 Å². The summed E-state index contributed by atoms with van der Waals surface area (Å²) in [6.45, 7) is 0. The highest BCUT2D eigenvalue weighted by atomic mass is 35.5. The van der Waals surface area contributed by atoms with E-state index in [9.17, 15) is 4.39 Å². The van der Waals surface area contributed by atoms with Gasteiger partial charge in [0.05, 0.1) is 0 Å². The Morgan fingerprint density at radius 3 is 2.25 bits per heavy atom. The first-order chi connectivity index (χ1) is 9.56. The van der Waals surface area contributed by atoms with E-state index >= 15 is 0 Å². The molecule has 20 heavy (non-hydrogen) atoms. The van der Waals surface area contributed by atoms with Crippen LogP contribution < -0.4 is 5.46 Å². The van der Waals surface area contributed by atoms with Gasteiger partial charge >= 0.3 is 7.12 Å². The Hall–Kier alpha value is -1.01. The van der Waals surface area contributed by atoms with E-state index in [2.05, 4.69) is 0 Å². The lowest BCUT2D eigenvalue weighted by atomic mass is 9.79. The topological polar surface area (TPSA) is 40.5 Å². The third kappa shape index (κ3) is 4.25. The Labute approximate surface area is 126 Å². The molecular weight excluding hydrogens is 297 g/mol. The normalized spacial score (nSPS) is 10.6. The van der Waals surface area contributed by atoms with Gasteiger partial charge in [-0.25, -0.2) is 4.39 Å². The summed E-state index contributed by atoms with van der Waals surface area (Å²) in [5, 5.41) is 18.8. The van der Waals surface area contributed by atoms with Crippen molar-refractivity contribution in [3.63, 3.8) is 0 Å². The Morgan fingerprint density at radius 1 is 1.00 bits per heavy atom. The molecule has 2 rings (SSSR count). The molecule has 104 valence electrons. The van der Waals surface area contributed by atoms with Crippen molar-refractivity contribution in [2.24, 2.45) is 0 Å². The van der Waals surface area contributed by atoms with Crippen LogP contribution in [0.5, 0.6) is 0 Å². The highest BCUT2D eigenvalue weighted by molar-refractivity contribution is 7.97. The standard InChI is InChI=1S/C14H13BClFO2S/c16-12-4-1-10(2-5-12)8-20-9-11-3-6-14(17)13(7-11)15(18)19/h1-7,18-19H,8-9H2. The molecule has 2 aromatic rings. The van der Waals surface area contributed by atoms with E-state index in [0.29, 0.717) is 10.8 Å². The van der Waals surface area contributed by atoms with Crippen molar-refractivity contribution >= 4 is 35.9 Å². The molecule has 0 spiro atoms. The molecule has 0 saturated heterocycles. The fourth-order valence-electron chi connectivity index (χ4n) is 1.75. The second kappa shape index (κ2) is 7.13. The third-order valence-electron chi connectivity index (χ3n) is 2.79. The number of thioether (sulfide) groups is 1. The molecule has 2 nitrogen and oxygen atoms in total. The lowest BCUT2D eigenvalue weighted by molar-refractivity contribution is 0.423. The molecule has 0 fully saturated rings. The van der Waals surface area contributed by atoms with Gasteiger partial charge in [-0.1, -0.05) is 35.9 Å². The van der Waals surface area contributed by atoms with Gasteiger partial charge in [-0.2, -0.15) is 11.8 Å². The Morgan fingerprint density at radius 2 is 1.60 bits per heavy atom. The van der Waals surface area contributed by atoms with Gasteiger partial charge in [0.1, 0.15) is 5.82 Å². The first kappa shape index (κ1) is 15.4. The number of rotatable bonds is 5. The molecule has 2 aromatic carbocycles. The summed E-state index contributed by atoms with van der Waals surface area (Å²) in [6.07, 6.45) is 0. The lowest BCUT2D eigenvalue weighted by Gasteiger charge is -2.06. The molecule has 0 aliphatic heterocycles. The third-order valence-corrected chi connectivity index (χ3v) is 4.12. The molecule has 0 saturated carbocycles. The van der Waals surface area contributed by atoms with Crippen LogP contribution in [0.4, 0.5) is 4.39 Å². The summed E-state index contributed by atoms with van der Waals surface area (Å²) in [7, 11) is -1.78. The zero-order chi connectivity index (χ0) is 14.5. The Balaban J connectivity index is 1.94. The summed E-state index contributed by atoms with van der Waals surface area (Å²) >= 11 is 7.48. The van der Waals surface area contributed by atoms with Gasteiger partial charge in [0, 0.05) is 22.0 Å². The molecule has 0 radical (unpaired) electrons. The summed E-state index contributed by atoms with van der Waals surface area (Å²) < 4.78 is 13.3. The summed E-state index contributed by atoms with van der Waals surface area (Å²) in [6, 6.07) is 12.0. The van der Waals surface area contributed by atoms with Crippen LogP contribution in [0.1, 0.15) is 11.1 Å². The summed E-state index contributed by atoms with van der Waals surface area (Å²) in [5.74, 6) is 0.875. The predicted molar refractivity (Wildman–Crippen MR) is 82.7 cm³/mol. The first-order valence-corrected chi connectivity index (χ1v) is 7.56. The van der Waals surface area contributed by atoms with Gasteiger partial charge in [-0.15, -0.1) is 0 Å². The van der Waals surface area contributed by atoms with Crippen molar-refractivity contribution in [2.75, 3.05) is 0 Å². The van der Waals surface area contributed by atoms with Crippen LogP contribution in [0.3, 0.4) is 0 Å². The minimum absolute atomic E-state index is 0.0883. The van der Waals surface area contributed by atoms with Gasteiger partial charge in [-0.05, 0) is 29.3 Å². The second-order valence-electron chi connectivity index (χ2n) is 4.35. The highest BCUT2D eigenvalue weighted by Gasteiger charge is 2.16. The second-order valence-corrected chi connectivity index (χ2v) is 5.77. The van der Waals surface area contributed by atoms with E-state index in [-0.39, 0.29) is 5.46 Å². The van der Waals surface area contributed by atoms with Crippen LogP contribution in [-0.4, -0.2) is 17.2 Å². The van der Waals surface area contributed by atoms with E-state index < -0.39 is 12.9 Å². The fraction of sp³-hybridized carbons (Fsp3) is 0.143. The average Bonchev–Trinajstić information content (AvgIpc) is 2.42. The number of hydrogen-bond donors (Lipinski definition) is 2. The lowest BCUT2D eigenvalue weighted by Crippen LogP contribution is -2.33. The average molecular weight is 311 g/mol. The molecule has 0 unspecified atom stereocenters. The highest BCUT2D eigenvalue weighted by Crippen LogP contribution is 2.19. The van der Waals surface area contributed by atoms with Crippen molar-refractivity contribution in [2.45, 2.75) is 11.5 Å². The van der Waals surface area contributed by atoms with E-state index in [1.807, 2.05) is 24.3 Å². The fourth-order valence-corrected chi connectivity index (χ4v) is 2.82. The maximum absolute atomic E-state index is 13.3. The molecule has 0 aromatic heterocycles. The van der Waals surface area contributed by atoms with E-state index in [0.717, 1.165) is 16.9 Å². The molecular formula is C14H13BClFO2S. The number of hydrogen-bond acceptors (Lipinski definition) is 3. The van der Waals surface area contributed by atoms with E-state index in [1.54, 1.807) is 17.8 Å². The summed E-state index contributed by atoms with van der Waals surface area (Å²) in [4.78, 5) is 0. The number of benzene rings is 2. The van der Waals surface area contributed by atoms with Gasteiger partial charge in [-0.3, -0.25) is 0 Å². The zero-order valence-electron chi connectivity index (χ0n) is 10.6. The Bertz CT molecular complexity index is 578. The quantitative estimate of drug-likeness (QED) is 0.834. The van der Waals surface area contributed by atoms with Crippen molar-refractivity contribution in [3.05, 3.63) is 64.4 Å². The molecule has 2 N–H and O–H groups in total. The zero-order valence-corrected chi connectivity index (χ0v) is 12.2. The van der Waals surface area contributed by atoms with Crippen LogP contribution in [0.2, 0.25) is 5.02 Å². The molecule has 6 heteroatoms. The monoisotopic (exact) mass is 310 g/mol. The molecule has 0 heterocycles. The molecule has 0 atom stereocenters. The minimum Gasteiger partial charge on any atom is -0.423 e. The predicted octanol–water partition coefficient (Wildman–Crippen LogP) is 2.59. The van der Waals surface area contributed by atoms with Gasteiger partial charge in [0.15, 0.2) is 0 Å². The SMILES string of the molecule is OB(O)c1cc(CSCc2ccc(Cl)cc2)ccc1F. The molecule has 0 amide bonds. The largest absolute Gasteiger partial charge is 0.491 e. The van der Waals surface area contributed by atoms with Crippen molar-refractivity contribution < 1.29 is 14.4 Å². The van der Waals surface area contributed by atoms with Crippen LogP contribution in [0.25, 0.3) is 0 Å². The van der Waals surface area contributed by atoms with Crippen molar-refractivity contribution in [1.29, 1.82) is 0 Å². The molecule has 0 aliphatic carbocycles. The van der Waals surface area contributed by atoms with Crippen molar-refractivity contribution in [1.82, 2.24) is 0 Å². The van der Waals surface area contributed by atoms with E-state index in [1.165, 1.54) is 12.1 Å². The van der Waals surface area contributed by atoms with Crippen LogP contribution >= 0.6 is 23.4 Å². The summed E-state index contributed by atoms with van der Waals surface area (Å²) in [5.41, 5.74) is 1.92. The molecule has 0 aliphatic rings. The van der Waals surface area contributed by atoms with Crippen LogP contribution in [0.15, 0.2) is 42.5 Å². The van der Waals surface area contributed by atoms with Gasteiger partial charge in [0.2, 0.25) is 0 Å². The Kier molecular flexibility index (Phi) is 5.49. The first-order valence-electron chi connectivity index (χ1n) is 6.03. The van der Waals surface area contributed by atoms with Crippen LogP contribution in [-0.2, 0) is 11.5 Å². The number of halogens is 2. The smallest absolute Gasteiger partial charge is 0.423 e. The van der Waals surface area contributed by atoms with Crippen LogP contribution in [0, 0.1) is 5.82 Å². The van der Waals surface area contributed by atoms with E-state index in [4.69, 9.17) is 21.6 Å². The molecule has 0 bridgehead atoms. The maximum atomic E-state index is 13.3. The van der Waals surface area contributed by atoms with Gasteiger partial charge < -0.3 is 10.0 Å². The maximum Gasteiger partial charge on any atom is 0.491 e. The van der Waals surface area contributed by atoms with Crippen molar-refractivity contribution in [3.8, 4) is 0 Å².